The molecule has 0 fully saturated rings. The zero-order chi connectivity index (χ0) is 45.3. The largest absolute Gasteiger partial charge is 0.309 e. The standard InChI is InChI=1S/C56H58B5N/c1-29(2)30-18-20-35-39(24-30)40-28-31(53(3,4)5)19-21-36(40)43(35)38-22-23-42-46(47(38)56(12,13)14)44-37(45-48(57)50(59)52(61)51(60)49(45)58)16-15-17-41(44)62(42)34-26-32(54(6,7)8)25-33(27-34)55(9,10)11/h15-29,43H,1-14H3. The van der Waals surface area contributed by atoms with Crippen LogP contribution in [0.2, 0.25) is 0 Å². The summed E-state index contributed by atoms with van der Waals surface area (Å²) in [5.41, 5.74) is 18.7. The van der Waals surface area contributed by atoms with Crippen molar-refractivity contribution in [2.45, 2.75) is 130 Å². The van der Waals surface area contributed by atoms with Crippen LogP contribution in [0.1, 0.15) is 153 Å². The van der Waals surface area contributed by atoms with Crippen molar-refractivity contribution in [1.82, 2.24) is 4.57 Å². The van der Waals surface area contributed by atoms with Crippen LogP contribution < -0.4 is 27.3 Å². The van der Waals surface area contributed by atoms with Gasteiger partial charge in [0.05, 0.1) is 11.0 Å². The molecule has 1 aromatic heterocycles. The lowest BCUT2D eigenvalue weighted by Crippen LogP contribution is -2.55. The molecule has 0 N–H and O–H groups in total. The summed E-state index contributed by atoms with van der Waals surface area (Å²) in [6.45, 7) is 32.2. The highest BCUT2D eigenvalue weighted by Gasteiger charge is 2.37. The van der Waals surface area contributed by atoms with E-state index in [0.717, 1.165) is 33.1 Å². The number of benzene rings is 6. The van der Waals surface area contributed by atoms with Gasteiger partial charge in [-0.05, 0) is 119 Å². The Labute approximate surface area is 378 Å². The van der Waals surface area contributed by atoms with Gasteiger partial charge in [0.1, 0.15) is 39.2 Å². The molecule has 1 unspecified atom stereocenters. The van der Waals surface area contributed by atoms with Crippen LogP contribution in [0.5, 0.6) is 0 Å². The van der Waals surface area contributed by atoms with E-state index >= 15 is 0 Å². The summed E-state index contributed by atoms with van der Waals surface area (Å²) in [6, 6.07) is 32.7. The van der Waals surface area contributed by atoms with Gasteiger partial charge < -0.3 is 4.57 Å². The van der Waals surface area contributed by atoms with Crippen LogP contribution in [-0.2, 0) is 21.7 Å². The second-order valence-electron chi connectivity index (χ2n) is 22.4. The average Bonchev–Trinajstić information content (AvgIpc) is 3.70. The second-order valence-corrected chi connectivity index (χ2v) is 22.4. The van der Waals surface area contributed by atoms with Crippen LogP contribution in [0, 0.1) is 0 Å². The molecule has 7 aromatic rings. The summed E-state index contributed by atoms with van der Waals surface area (Å²) >= 11 is 0. The molecule has 1 aliphatic carbocycles. The topological polar surface area (TPSA) is 4.93 Å². The first-order valence-electron chi connectivity index (χ1n) is 22.3. The van der Waals surface area contributed by atoms with Gasteiger partial charge >= 0.3 is 0 Å². The summed E-state index contributed by atoms with van der Waals surface area (Å²) in [5, 5.41) is 2.21. The maximum atomic E-state index is 6.96. The lowest BCUT2D eigenvalue weighted by molar-refractivity contribution is 0.568. The van der Waals surface area contributed by atoms with E-state index in [1.807, 2.05) is 0 Å². The number of rotatable bonds is 4. The highest BCUT2D eigenvalue weighted by molar-refractivity contribution is 6.69. The minimum Gasteiger partial charge on any atom is -0.309 e. The fourth-order valence-electron chi connectivity index (χ4n) is 9.88. The Morgan fingerprint density at radius 2 is 0.952 bits per heavy atom. The van der Waals surface area contributed by atoms with Crippen molar-refractivity contribution in [1.29, 1.82) is 0 Å². The summed E-state index contributed by atoms with van der Waals surface area (Å²) in [6.07, 6.45) is 0. The van der Waals surface area contributed by atoms with E-state index in [4.69, 9.17) is 39.2 Å². The third kappa shape index (κ3) is 7.07. The lowest BCUT2D eigenvalue weighted by atomic mass is 9.59. The molecule has 1 nitrogen and oxygen atoms in total. The Bertz CT molecular complexity index is 2910. The van der Waals surface area contributed by atoms with Crippen LogP contribution in [0.3, 0.4) is 0 Å². The molecule has 6 heteroatoms. The molecule has 8 rings (SSSR count). The Balaban J connectivity index is 1.58. The molecule has 10 radical (unpaired) electrons. The number of fused-ring (bicyclic) bond motifs is 6. The van der Waals surface area contributed by atoms with Gasteiger partial charge in [-0.3, -0.25) is 0 Å². The van der Waals surface area contributed by atoms with Crippen LogP contribution in [0.4, 0.5) is 0 Å². The van der Waals surface area contributed by atoms with Crippen molar-refractivity contribution in [2.24, 2.45) is 0 Å². The first-order chi connectivity index (χ1) is 28.7. The SMILES string of the molecule is [B]c1c([B])c([B])c(-c2cccc3c2c2c(C(C)(C)C)c(C4c5ccc(C(C)C)cc5-c5cc(C(C)(C)C)ccc54)ccc2n3-c2cc(C(C)(C)C)cc(C(C)(C)C)c2)c([B])c1[B]. The van der Waals surface area contributed by atoms with Crippen LogP contribution in [0.15, 0.2) is 84.9 Å². The maximum absolute atomic E-state index is 6.96. The fourth-order valence-corrected chi connectivity index (χ4v) is 9.88. The molecule has 0 amide bonds. The predicted octanol–water partition coefficient (Wildman–Crippen LogP) is 9.89. The Kier molecular flexibility index (Phi) is 10.5. The van der Waals surface area contributed by atoms with Crippen LogP contribution in [-0.4, -0.2) is 43.8 Å². The maximum Gasteiger partial charge on any atom is 0.113 e. The molecule has 62 heavy (non-hydrogen) atoms. The van der Waals surface area contributed by atoms with Gasteiger partial charge in [-0.15, -0.1) is 16.4 Å². The molecular weight excluding hydrogens is 741 g/mol. The lowest BCUT2D eigenvalue weighted by Gasteiger charge is -2.29. The summed E-state index contributed by atoms with van der Waals surface area (Å²) < 4.78 is 2.45. The molecule has 1 atom stereocenters. The molecule has 0 bridgehead atoms. The van der Waals surface area contributed by atoms with Gasteiger partial charge in [-0.2, -0.15) is 0 Å². The normalized spacial score (nSPS) is 14.6. The minimum absolute atomic E-state index is 0.00633. The van der Waals surface area contributed by atoms with E-state index in [9.17, 15) is 0 Å². The minimum atomic E-state index is -0.312. The van der Waals surface area contributed by atoms with Crippen molar-refractivity contribution in [3.8, 4) is 27.9 Å². The van der Waals surface area contributed by atoms with Crippen molar-refractivity contribution in [3.63, 3.8) is 0 Å². The first kappa shape index (κ1) is 44.1. The van der Waals surface area contributed by atoms with Gasteiger partial charge in [-0.25, -0.2) is 0 Å². The van der Waals surface area contributed by atoms with Crippen molar-refractivity contribution in [2.75, 3.05) is 0 Å². The second kappa shape index (κ2) is 14.8. The molecule has 0 saturated heterocycles. The molecule has 302 valence electrons. The monoisotopic (exact) mass is 800 g/mol. The van der Waals surface area contributed by atoms with Crippen molar-refractivity contribution < 1.29 is 0 Å². The van der Waals surface area contributed by atoms with Crippen LogP contribution in [0.25, 0.3) is 49.7 Å². The number of hydrogen-bond donors (Lipinski definition) is 0. The third-order valence-corrected chi connectivity index (χ3v) is 13.5. The first-order valence-corrected chi connectivity index (χ1v) is 22.3. The predicted molar refractivity (Wildman–Crippen MR) is 275 cm³/mol. The van der Waals surface area contributed by atoms with E-state index < -0.39 is 0 Å². The highest BCUT2D eigenvalue weighted by atomic mass is 15.0. The Hall–Kier alpha value is -4.56. The van der Waals surface area contributed by atoms with Gasteiger partial charge in [0.25, 0.3) is 0 Å². The molecule has 0 spiro atoms. The summed E-state index contributed by atoms with van der Waals surface area (Å²) in [4.78, 5) is 0. The van der Waals surface area contributed by atoms with Crippen LogP contribution >= 0.6 is 0 Å². The van der Waals surface area contributed by atoms with Crippen molar-refractivity contribution in [3.05, 3.63) is 129 Å². The number of hydrogen-bond acceptors (Lipinski definition) is 0. The summed E-state index contributed by atoms with van der Waals surface area (Å²) in [7, 11) is 33.6. The number of aromatic nitrogens is 1. The van der Waals surface area contributed by atoms with Gasteiger partial charge in [0, 0.05) is 22.4 Å². The smallest absolute Gasteiger partial charge is 0.113 e. The van der Waals surface area contributed by atoms with E-state index in [0.29, 0.717) is 22.4 Å². The molecule has 0 aliphatic heterocycles. The van der Waals surface area contributed by atoms with E-state index in [2.05, 4.69) is 186 Å². The molecule has 1 heterocycles. The van der Waals surface area contributed by atoms with E-state index in [-0.39, 0.29) is 44.0 Å². The molecule has 6 aromatic carbocycles. The Morgan fingerprint density at radius 1 is 0.452 bits per heavy atom. The van der Waals surface area contributed by atoms with Gasteiger partial charge in [0.2, 0.25) is 0 Å². The molecular formula is C56H58B5N. The van der Waals surface area contributed by atoms with E-state index in [1.54, 1.807) is 0 Å². The molecule has 0 saturated carbocycles. The van der Waals surface area contributed by atoms with Gasteiger partial charge in [-0.1, -0.05) is 169 Å². The Morgan fingerprint density at radius 3 is 1.48 bits per heavy atom. The van der Waals surface area contributed by atoms with E-state index in [1.165, 1.54) is 55.6 Å². The fraction of sp³-hybridized carbons (Fsp3) is 0.357. The summed E-state index contributed by atoms with van der Waals surface area (Å²) in [5.74, 6) is 0.417. The highest BCUT2D eigenvalue weighted by Crippen LogP contribution is 2.54. The molecule has 1 aliphatic rings. The third-order valence-electron chi connectivity index (χ3n) is 13.5. The zero-order valence-electron chi connectivity index (χ0n) is 39.6. The zero-order valence-corrected chi connectivity index (χ0v) is 39.6. The van der Waals surface area contributed by atoms with Gasteiger partial charge in [0.15, 0.2) is 0 Å². The number of nitrogens with zero attached hydrogens (tertiary/aromatic N) is 1. The average molecular weight is 799 g/mol. The van der Waals surface area contributed by atoms with Crippen molar-refractivity contribution >= 4 is 88.4 Å². The quantitative estimate of drug-likeness (QED) is 0.156.